The van der Waals surface area contributed by atoms with Crippen LogP contribution < -0.4 is 10.6 Å². The van der Waals surface area contributed by atoms with Crippen LogP contribution in [0.2, 0.25) is 0 Å². The topological polar surface area (TPSA) is 41.1 Å². The number of aryl methyl sites for hydroxylation is 1. The predicted molar refractivity (Wildman–Crippen MR) is 80.4 cm³/mol. The van der Waals surface area contributed by atoms with E-state index in [1.807, 2.05) is 13.0 Å². The van der Waals surface area contributed by atoms with Crippen LogP contribution in [0.1, 0.15) is 30.9 Å². The molecule has 2 N–H and O–H groups in total. The third-order valence-electron chi connectivity index (χ3n) is 3.83. The molecule has 3 nitrogen and oxygen atoms in total. The third kappa shape index (κ3) is 3.93. The minimum Gasteiger partial charge on any atom is -0.352 e. The first-order valence-corrected chi connectivity index (χ1v) is 6.75. The summed E-state index contributed by atoms with van der Waals surface area (Å²) in [7, 11) is 0. The number of carbonyl (C=O) groups excluding carboxylic acids is 1. The minimum absolute atomic E-state index is 0. The van der Waals surface area contributed by atoms with Crippen molar-refractivity contribution < 1.29 is 9.18 Å². The lowest BCUT2D eigenvalue weighted by Gasteiger charge is -2.32. The summed E-state index contributed by atoms with van der Waals surface area (Å²) in [4.78, 5) is 12.2. The fraction of sp³-hybridized carbons (Fsp3) is 0.533. The second kappa shape index (κ2) is 7.04. The van der Waals surface area contributed by atoms with Gasteiger partial charge in [-0.25, -0.2) is 4.39 Å². The zero-order valence-corrected chi connectivity index (χ0v) is 12.8. The van der Waals surface area contributed by atoms with Crippen LogP contribution in [0.3, 0.4) is 0 Å². The zero-order chi connectivity index (χ0) is 13.9. The molecule has 20 heavy (non-hydrogen) atoms. The van der Waals surface area contributed by atoms with Gasteiger partial charge in [0.15, 0.2) is 0 Å². The van der Waals surface area contributed by atoms with E-state index in [4.69, 9.17) is 0 Å². The molecule has 1 atom stereocenters. The maximum absolute atomic E-state index is 13.4. The van der Waals surface area contributed by atoms with Gasteiger partial charge in [0.1, 0.15) is 5.82 Å². The summed E-state index contributed by atoms with van der Waals surface area (Å²) in [5, 5.41) is 6.16. The number of benzene rings is 1. The monoisotopic (exact) mass is 300 g/mol. The van der Waals surface area contributed by atoms with Crippen LogP contribution in [0.25, 0.3) is 0 Å². The molecule has 0 aliphatic carbocycles. The Morgan fingerprint density at radius 3 is 2.85 bits per heavy atom. The van der Waals surface area contributed by atoms with Crippen LogP contribution in [-0.4, -0.2) is 19.0 Å². The van der Waals surface area contributed by atoms with Crippen LogP contribution in [0.5, 0.6) is 0 Å². The van der Waals surface area contributed by atoms with Gasteiger partial charge in [-0.05, 0) is 50.4 Å². The molecule has 0 saturated carbocycles. The van der Waals surface area contributed by atoms with Crippen molar-refractivity contribution in [3.8, 4) is 0 Å². The molecular weight excluding hydrogens is 279 g/mol. The highest BCUT2D eigenvalue weighted by Gasteiger charge is 2.34. The van der Waals surface area contributed by atoms with Gasteiger partial charge in [0.2, 0.25) is 5.91 Å². The fourth-order valence-corrected chi connectivity index (χ4v) is 2.39. The number of halogens is 2. The van der Waals surface area contributed by atoms with Crippen LogP contribution >= 0.6 is 12.4 Å². The lowest BCUT2D eigenvalue weighted by molar-refractivity contribution is -0.131. The summed E-state index contributed by atoms with van der Waals surface area (Å²) in [6, 6.07) is 5.07. The second-order valence-electron chi connectivity index (χ2n) is 5.61. The van der Waals surface area contributed by atoms with E-state index in [9.17, 15) is 9.18 Å². The molecule has 112 valence electrons. The molecule has 0 bridgehead atoms. The van der Waals surface area contributed by atoms with Crippen LogP contribution in [0.4, 0.5) is 4.39 Å². The molecule has 0 aromatic heterocycles. The van der Waals surface area contributed by atoms with Crippen molar-refractivity contribution in [1.29, 1.82) is 0 Å². The highest BCUT2D eigenvalue weighted by atomic mass is 35.5. The van der Waals surface area contributed by atoms with Gasteiger partial charge < -0.3 is 10.6 Å². The highest BCUT2D eigenvalue weighted by molar-refractivity contribution is 5.85. The van der Waals surface area contributed by atoms with Crippen molar-refractivity contribution in [1.82, 2.24) is 10.6 Å². The smallest absolute Gasteiger partial charge is 0.227 e. The van der Waals surface area contributed by atoms with Crippen molar-refractivity contribution in [3.63, 3.8) is 0 Å². The van der Waals surface area contributed by atoms with Gasteiger partial charge in [-0.15, -0.1) is 12.4 Å². The van der Waals surface area contributed by atoms with Gasteiger partial charge in [-0.3, -0.25) is 4.79 Å². The van der Waals surface area contributed by atoms with E-state index >= 15 is 0 Å². The second-order valence-corrected chi connectivity index (χ2v) is 5.61. The quantitative estimate of drug-likeness (QED) is 0.901. The normalized spacial score (nSPS) is 21.9. The molecule has 1 heterocycles. The Bertz CT molecular complexity index is 473. The highest BCUT2D eigenvalue weighted by Crippen LogP contribution is 2.25. The Labute approximate surface area is 125 Å². The Balaban J connectivity index is 0.00000200. The van der Waals surface area contributed by atoms with E-state index in [0.717, 1.165) is 24.9 Å². The number of amides is 1. The Hall–Kier alpha value is -1.13. The first-order valence-electron chi connectivity index (χ1n) is 6.75. The first-order chi connectivity index (χ1) is 9.01. The fourth-order valence-electron chi connectivity index (χ4n) is 2.39. The van der Waals surface area contributed by atoms with Crippen molar-refractivity contribution >= 4 is 18.3 Å². The molecule has 1 aromatic carbocycles. The maximum atomic E-state index is 13.4. The van der Waals surface area contributed by atoms with Gasteiger partial charge in [-0.1, -0.05) is 12.1 Å². The average Bonchev–Trinajstić information content (AvgIpc) is 2.40. The number of hydrogen-bond acceptors (Lipinski definition) is 2. The standard InChI is InChI=1S/C15H21FN2O.ClH/c1-11-4-5-12(8-13(11)16)9-18-14(19)15(2)6-3-7-17-10-15;/h4-5,8,17H,3,6-7,9-10H2,1-2H3,(H,18,19);1H. The van der Waals surface area contributed by atoms with E-state index < -0.39 is 0 Å². The van der Waals surface area contributed by atoms with E-state index in [1.54, 1.807) is 13.0 Å². The summed E-state index contributed by atoms with van der Waals surface area (Å²) >= 11 is 0. The molecule has 1 unspecified atom stereocenters. The van der Waals surface area contributed by atoms with E-state index in [-0.39, 0.29) is 29.5 Å². The van der Waals surface area contributed by atoms with Crippen molar-refractivity contribution in [2.75, 3.05) is 13.1 Å². The van der Waals surface area contributed by atoms with Gasteiger partial charge in [0.05, 0.1) is 5.41 Å². The molecule has 2 rings (SSSR count). The number of nitrogens with one attached hydrogen (secondary N) is 2. The number of piperidine rings is 1. The first kappa shape index (κ1) is 16.9. The van der Waals surface area contributed by atoms with Crippen LogP contribution in [0, 0.1) is 18.2 Å². The molecule has 1 fully saturated rings. The van der Waals surface area contributed by atoms with Crippen molar-refractivity contribution in [2.45, 2.75) is 33.2 Å². The van der Waals surface area contributed by atoms with Crippen LogP contribution in [-0.2, 0) is 11.3 Å². The Morgan fingerprint density at radius 2 is 2.25 bits per heavy atom. The summed E-state index contributed by atoms with van der Waals surface area (Å²) in [5.74, 6) is -0.182. The molecule has 1 aromatic rings. The van der Waals surface area contributed by atoms with E-state index in [2.05, 4.69) is 10.6 Å². The molecule has 5 heteroatoms. The summed E-state index contributed by atoms with van der Waals surface area (Å²) in [5.41, 5.74) is 1.07. The largest absolute Gasteiger partial charge is 0.352 e. The lowest BCUT2D eigenvalue weighted by Crippen LogP contribution is -2.48. The third-order valence-corrected chi connectivity index (χ3v) is 3.83. The average molecular weight is 301 g/mol. The summed E-state index contributed by atoms with van der Waals surface area (Å²) < 4.78 is 13.4. The molecular formula is C15H22ClFN2O. The number of hydrogen-bond donors (Lipinski definition) is 2. The number of rotatable bonds is 3. The molecule has 1 aliphatic heterocycles. The van der Waals surface area contributed by atoms with E-state index in [1.165, 1.54) is 6.07 Å². The molecule has 1 saturated heterocycles. The number of carbonyl (C=O) groups is 1. The van der Waals surface area contributed by atoms with Crippen molar-refractivity contribution in [2.24, 2.45) is 5.41 Å². The molecule has 1 amide bonds. The molecule has 0 radical (unpaired) electrons. The Kier molecular flexibility index (Phi) is 5.96. The minimum atomic E-state index is -0.346. The van der Waals surface area contributed by atoms with Crippen molar-refractivity contribution in [3.05, 3.63) is 35.1 Å². The lowest BCUT2D eigenvalue weighted by atomic mass is 9.82. The van der Waals surface area contributed by atoms with Crippen LogP contribution in [0.15, 0.2) is 18.2 Å². The summed E-state index contributed by atoms with van der Waals surface area (Å²) in [6.07, 6.45) is 1.91. The zero-order valence-electron chi connectivity index (χ0n) is 12.0. The Morgan fingerprint density at radius 1 is 1.50 bits per heavy atom. The summed E-state index contributed by atoms with van der Waals surface area (Å²) in [6.45, 7) is 5.77. The molecule has 0 spiro atoms. The van der Waals surface area contributed by atoms with Gasteiger partial charge >= 0.3 is 0 Å². The predicted octanol–water partition coefficient (Wildman–Crippen LogP) is 2.56. The van der Waals surface area contributed by atoms with Gasteiger partial charge in [0.25, 0.3) is 0 Å². The van der Waals surface area contributed by atoms with Gasteiger partial charge in [0, 0.05) is 13.1 Å². The SMILES string of the molecule is Cc1ccc(CNC(=O)C2(C)CCCNC2)cc1F.Cl. The van der Waals surface area contributed by atoms with E-state index in [0.29, 0.717) is 18.7 Å². The van der Waals surface area contributed by atoms with Gasteiger partial charge in [-0.2, -0.15) is 0 Å². The molecule has 1 aliphatic rings. The maximum Gasteiger partial charge on any atom is 0.227 e.